The number of phenols is 1. The van der Waals surface area contributed by atoms with Crippen molar-refractivity contribution in [3.05, 3.63) is 51.2 Å². The number of carbonyl (C=O) groups excluding carboxylic acids is 3. The number of benzene rings is 1. The lowest BCUT2D eigenvalue weighted by atomic mass is 9.58. The second kappa shape index (κ2) is 9.63. The largest absolute Gasteiger partial charge is 0.510 e. The Balaban J connectivity index is 1.61. The summed E-state index contributed by atoms with van der Waals surface area (Å²) in [4.78, 5) is 42.3. The number of hydrogen-bond acceptors (Lipinski definition) is 11. The molecule has 1 amide bonds. The van der Waals surface area contributed by atoms with E-state index < -0.39 is 75.8 Å². The van der Waals surface area contributed by atoms with Crippen molar-refractivity contribution in [1.29, 1.82) is 0 Å². The molecule has 12 nitrogen and oxygen atoms in total. The molecule has 40 heavy (non-hydrogen) atoms. The van der Waals surface area contributed by atoms with Crippen LogP contribution >= 0.6 is 0 Å². The average Bonchev–Trinajstić information content (AvgIpc) is 3.32. The van der Waals surface area contributed by atoms with E-state index in [1.54, 1.807) is 4.90 Å². The van der Waals surface area contributed by atoms with Gasteiger partial charge in [-0.1, -0.05) is 0 Å². The highest BCUT2D eigenvalue weighted by molar-refractivity contribution is 6.24. The van der Waals surface area contributed by atoms with E-state index in [4.69, 9.17) is 11.5 Å². The maximum absolute atomic E-state index is 15.9. The number of likely N-dealkylation sites (tertiary alicyclic amines) is 1. The Hall–Kier alpha value is -3.36. The number of aliphatic hydroxyl groups excluding tert-OH is 3. The summed E-state index contributed by atoms with van der Waals surface area (Å²) in [6.45, 7) is 0.593. The quantitative estimate of drug-likeness (QED) is 0.180. The third kappa shape index (κ3) is 3.87. The van der Waals surface area contributed by atoms with E-state index in [2.05, 4.69) is 0 Å². The SMILES string of the molecule is CN(C)[C@@H]1C(O)=C(C(N)=O)C(=O)[C@@]2(O)C(O)=C3C(=O)c4c(O)cc(CN5CCC[C@@H]5C(N)O)c(F)c4C[C@H]3C[C@@H]12. The number of nitrogens with zero attached hydrogens (tertiary/aromatic N) is 2. The van der Waals surface area contributed by atoms with Gasteiger partial charge >= 0.3 is 0 Å². The topological polar surface area (TPSA) is 211 Å². The van der Waals surface area contributed by atoms with Gasteiger partial charge in [-0.15, -0.1) is 0 Å². The molecule has 1 heterocycles. The van der Waals surface area contributed by atoms with Gasteiger partial charge in [0, 0.05) is 35.2 Å². The van der Waals surface area contributed by atoms with Crippen LogP contribution in [-0.2, 0) is 22.6 Å². The molecule has 0 bridgehead atoms. The summed E-state index contributed by atoms with van der Waals surface area (Å²) >= 11 is 0. The number of rotatable bonds is 5. The lowest BCUT2D eigenvalue weighted by Gasteiger charge is -2.50. The highest BCUT2D eigenvalue weighted by Gasteiger charge is 2.63. The minimum atomic E-state index is -2.76. The first kappa shape index (κ1) is 28.2. The number of amides is 1. The number of fused-ring (bicyclic) bond motifs is 3. The van der Waals surface area contributed by atoms with E-state index in [0.29, 0.717) is 13.0 Å². The van der Waals surface area contributed by atoms with Gasteiger partial charge in [0.1, 0.15) is 34.9 Å². The number of allylic oxidation sites excluding steroid dienone is 1. The van der Waals surface area contributed by atoms with E-state index in [1.807, 2.05) is 0 Å². The van der Waals surface area contributed by atoms with Crippen LogP contribution in [0.3, 0.4) is 0 Å². The predicted molar refractivity (Wildman–Crippen MR) is 137 cm³/mol. The molecule has 1 unspecified atom stereocenters. The van der Waals surface area contributed by atoms with Crippen molar-refractivity contribution in [2.75, 3.05) is 20.6 Å². The summed E-state index contributed by atoms with van der Waals surface area (Å²) in [5, 5.41) is 54.5. The number of Topliss-reactive ketones (excluding diaryl/α,β-unsaturated/α-hetero) is 2. The number of aliphatic hydroxyl groups is 4. The fraction of sp³-hybridized carbons (Fsp3) is 0.519. The van der Waals surface area contributed by atoms with Crippen LogP contribution in [-0.4, -0.2) is 97.4 Å². The van der Waals surface area contributed by atoms with Crippen LogP contribution < -0.4 is 11.5 Å². The Morgan fingerprint density at radius 2 is 1.95 bits per heavy atom. The number of carbonyl (C=O) groups is 3. The second-order valence-corrected chi connectivity index (χ2v) is 11.4. The van der Waals surface area contributed by atoms with Crippen LogP contribution in [0.2, 0.25) is 0 Å². The molecule has 0 saturated carbocycles. The molecule has 5 rings (SSSR count). The maximum atomic E-state index is 15.9. The molecule has 1 aromatic carbocycles. The first-order valence-electron chi connectivity index (χ1n) is 13.1. The first-order chi connectivity index (χ1) is 18.7. The van der Waals surface area contributed by atoms with Crippen molar-refractivity contribution in [3.8, 4) is 5.75 Å². The Morgan fingerprint density at radius 1 is 1.27 bits per heavy atom. The maximum Gasteiger partial charge on any atom is 0.255 e. The van der Waals surface area contributed by atoms with Crippen molar-refractivity contribution in [2.24, 2.45) is 23.3 Å². The van der Waals surface area contributed by atoms with Gasteiger partial charge < -0.3 is 37.0 Å². The van der Waals surface area contributed by atoms with Gasteiger partial charge in [0.05, 0.1) is 11.6 Å². The summed E-state index contributed by atoms with van der Waals surface area (Å²) < 4.78 is 15.9. The number of nitrogens with two attached hydrogens (primary N) is 2. The molecule has 1 aromatic rings. The standard InChI is InChI=1S/C27H33FN4O8/c1-31(2)20-13-7-10-6-12-17(15(33)8-11(19(12)28)9-32-5-3-4-14(32)25(29)38)21(34)16(10)23(36)27(13,40)24(37)18(22(20)35)26(30)39/h8,10,13-14,20,25,33,35-36,38,40H,3-7,9,29H2,1-2H3,(H2,30,39)/t10-,13-,14+,20-,25?,27-/m0/s1. The van der Waals surface area contributed by atoms with Crippen LogP contribution in [0.4, 0.5) is 4.39 Å². The van der Waals surface area contributed by atoms with Crippen molar-refractivity contribution < 1.29 is 44.3 Å². The normalized spacial score (nSPS) is 31.4. The molecule has 1 saturated heterocycles. The van der Waals surface area contributed by atoms with Crippen LogP contribution in [0, 0.1) is 17.7 Å². The smallest absolute Gasteiger partial charge is 0.255 e. The first-order valence-corrected chi connectivity index (χ1v) is 13.1. The van der Waals surface area contributed by atoms with Crippen LogP contribution in [0.5, 0.6) is 5.75 Å². The highest BCUT2D eigenvalue weighted by atomic mass is 19.1. The summed E-state index contributed by atoms with van der Waals surface area (Å²) in [6, 6.07) is -0.410. The van der Waals surface area contributed by atoms with Crippen molar-refractivity contribution in [1.82, 2.24) is 9.80 Å². The van der Waals surface area contributed by atoms with Gasteiger partial charge in [-0.2, -0.15) is 0 Å². The van der Waals surface area contributed by atoms with Crippen molar-refractivity contribution in [3.63, 3.8) is 0 Å². The van der Waals surface area contributed by atoms with E-state index in [9.17, 15) is 39.9 Å². The molecule has 0 spiro atoms. The summed E-state index contributed by atoms with van der Waals surface area (Å²) in [5.41, 5.74) is 6.63. The van der Waals surface area contributed by atoms with Gasteiger partial charge in [-0.25, -0.2) is 4.39 Å². The zero-order valence-corrected chi connectivity index (χ0v) is 22.1. The molecule has 216 valence electrons. The van der Waals surface area contributed by atoms with E-state index in [1.165, 1.54) is 19.0 Å². The zero-order valence-electron chi connectivity index (χ0n) is 22.1. The zero-order chi connectivity index (χ0) is 29.4. The predicted octanol–water partition coefficient (Wildman–Crippen LogP) is -0.499. The number of primary amides is 1. The summed E-state index contributed by atoms with van der Waals surface area (Å²) in [6.07, 6.45) is -0.0354. The Kier molecular flexibility index (Phi) is 6.78. The molecule has 9 N–H and O–H groups in total. The average molecular weight is 561 g/mol. The lowest BCUT2D eigenvalue weighted by Crippen LogP contribution is -2.63. The van der Waals surface area contributed by atoms with Gasteiger partial charge in [-0.3, -0.25) is 24.2 Å². The van der Waals surface area contributed by atoms with Crippen LogP contribution in [0.1, 0.15) is 40.7 Å². The highest BCUT2D eigenvalue weighted by Crippen LogP contribution is 2.52. The fourth-order valence-corrected chi connectivity index (χ4v) is 7.12. The van der Waals surface area contributed by atoms with Crippen LogP contribution in [0.25, 0.3) is 0 Å². The number of halogens is 1. The second-order valence-electron chi connectivity index (χ2n) is 11.4. The molecular formula is C27H33FN4O8. The number of likely N-dealkylation sites (N-methyl/N-ethyl adjacent to an activating group) is 1. The Labute approximate surface area is 229 Å². The number of aromatic hydroxyl groups is 1. The minimum Gasteiger partial charge on any atom is -0.510 e. The lowest BCUT2D eigenvalue weighted by molar-refractivity contribution is -0.148. The minimum absolute atomic E-state index is 0.0343. The monoisotopic (exact) mass is 560 g/mol. The van der Waals surface area contributed by atoms with Gasteiger partial charge in [-0.05, 0) is 58.3 Å². The number of ketones is 2. The Bertz CT molecular complexity index is 1390. The number of phenolic OH excluding ortho intramolecular Hbond substituents is 1. The molecule has 0 aromatic heterocycles. The third-order valence-electron chi connectivity index (χ3n) is 8.91. The van der Waals surface area contributed by atoms with Crippen molar-refractivity contribution >= 4 is 17.5 Å². The number of hydrogen-bond donors (Lipinski definition) is 7. The fourth-order valence-electron chi connectivity index (χ4n) is 7.12. The van der Waals surface area contributed by atoms with E-state index >= 15 is 4.39 Å². The van der Waals surface area contributed by atoms with Gasteiger partial charge in [0.25, 0.3) is 5.91 Å². The molecule has 3 aliphatic carbocycles. The van der Waals surface area contributed by atoms with Gasteiger partial charge in [0.2, 0.25) is 5.78 Å². The molecular weight excluding hydrogens is 527 g/mol. The Morgan fingerprint density at radius 3 is 2.55 bits per heavy atom. The van der Waals surface area contributed by atoms with Crippen LogP contribution in [0.15, 0.2) is 28.7 Å². The summed E-state index contributed by atoms with van der Waals surface area (Å²) in [7, 11) is 3.06. The molecule has 1 aliphatic heterocycles. The molecule has 1 fully saturated rings. The van der Waals surface area contributed by atoms with E-state index in [-0.39, 0.29) is 47.7 Å². The van der Waals surface area contributed by atoms with Gasteiger partial charge in [0.15, 0.2) is 11.4 Å². The molecule has 13 heteroatoms. The third-order valence-corrected chi connectivity index (χ3v) is 8.91. The molecule has 6 atom stereocenters. The molecule has 4 aliphatic rings. The molecule has 0 radical (unpaired) electrons. The van der Waals surface area contributed by atoms with Crippen molar-refractivity contribution in [2.45, 2.75) is 56.1 Å². The summed E-state index contributed by atoms with van der Waals surface area (Å²) in [5.74, 6) is -8.62. The van der Waals surface area contributed by atoms with E-state index in [0.717, 1.165) is 12.5 Å².